The van der Waals surface area contributed by atoms with E-state index >= 15 is 0 Å². The van der Waals surface area contributed by atoms with Gasteiger partial charge in [-0.25, -0.2) is 0 Å². The normalized spacial score (nSPS) is 25.8. The van der Waals surface area contributed by atoms with Gasteiger partial charge in [0.25, 0.3) is 0 Å². The van der Waals surface area contributed by atoms with Crippen LogP contribution in [0, 0.1) is 11.3 Å². The predicted octanol–water partition coefficient (Wildman–Crippen LogP) is 5.70. The molecule has 6 rings (SSSR count). The average molecular weight is 555 g/mol. The van der Waals surface area contributed by atoms with E-state index in [0.717, 1.165) is 16.6 Å². The molecule has 40 heavy (non-hydrogen) atoms. The summed E-state index contributed by atoms with van der Waals surface area (Å²) in [5.41, 5.74) is 1.82. The van der Waals surface area contributed by atoms with Crippen molar-refractivity contribution in [3.63, 3.8) is 0 Å². The number of aliphatic hydroxyl groups is 2. The van der Waals surface area contributed by atoms with Gasteiger partial charge in [0.05, 0.1) is 17.6 Å². The minimum absolute atomic E-state index is 0.0437. The number of carbonyl (C=O) groups excluding carboxylic acids is 1. The van der Waals surface area contributed by atoms with Crippen LogP contribution < -0.4 is 14.8 Å². The highest BCUT2D eigenvalue weighted by Gasteiger charge is 2.53. The summed E-state index contributed by atoms with van der Waals surface area (Å²) in [5.74, 6) is -0.393. The number of anilines is 1. The minimum atomic E-state index is -3.70. The highest BCUT2D eigenvalue weighted by molar-refractivity contribution is 6.02. The molecule has 3 aliphatic rings. The Hall–Kier alpha value is -3.17. The van der Waals surface area contributed by atoms with Gasteiger partial charge in [0.15, 0.2) is 11.5 Å². The highest BCUT2D eigenvalue weighted by Crippen LogP contribution is 2.52. The van der Waals surface area contributed by atoms with Crippen LogP contribution in [0.15, 0.2) is 42.5 Å². The molecule has 3 N–H and O–H groups in total. The van der Waals surface area contributed by atoms with E-state index in [0.29, 0.717) is 37.1 Å². The van der Waals surface area contributed by atoms with Crippen molar-refractivity contribution in [3.8, 4) is 11.5 Å². The number of hydrogen-bond donors (Lipinski definition) is 3. The zero-order chi connectivity index (χ0) is 28.8. The smallest absolute Gasteiger partial charge is 0.395 e. The fourth-order valence-corrected chi connectivity index (χ4v) is 6.37. The molecule has 0 radical (unpaired) electrons. The maximum atomic E-state index is 13.5. The Balaban J connectivity index is 1.27. The van der Waals surface area contributed by atoms with E-state index in [1.807, 2.05) is 32.0 Å². The van der Waals surface area contributed by atoms with Gasteiger partial charge in [0.1, 0.15) is 0 Å². The van der Waals surface area contributed by atoms with Crippen LogP contribution in [0.4, 0.5) is 14.5 Å². The van der Waals surface area contributed by atoms with Crippen LogP contribution in [0.2, 0.25) is 0 Å². The molecule has 2 saturated carbocycles. The SMILES string of the molecule is CC(C)(C)c1cc2cc(NC(=O)C3(c4ccc5c(c4)OC(F)(F)O5)CC3)ccc2n1CC1CC(O)C(C)(C)C1O. The molecule has 7 nitrogen and oxygen atoms in total. The van der Waals surface area contributed by atoms with E-state index in [-0.39, 0.29) is 28.7 Å². The first kappa shape index (κ1) is 27.0. The number of nitrogens with one attached hydrogen (secondary N) is 1. The Kier molecular flexibility index (Phi) is 5.85. The van der Waals surface area contributed by atoms with Crippen molar-refractivity contribution in [3.05, 3.63) is 53.7 Å². The van der Waals surface area contributed by atoms with Crippen LogP contribution in [0.25, 0.3) is 10.9 Å². The molecule has 1 amide bonds. The number of halogens is 2. The van der Waals surface area contributed by atoms with Crippen LogP contribution >= 0.6 is 0 Å². The molecule has 2 heterocycles. The summed E-state index contributed by atoms with van der Waals surface area (Å²) in [6.07, 6.45) is -3.15. The predicted molar refractivity (Wildman–Crippen MR) is 147 cm³/mol. The Labute approximate surface area is 232 Å². The van der Waals surface area contributed by atoms with Crippen molar-refractivity contribution in [2.45, 2.75) is 89.8 Å². The third-order valence-corrected chi connectivity index (χ3v) is 9.08. The van der Waals surface area contributed by atoms with E-state index in [4.69, 9.17) is 0 Å². The summed E-state index contributed by atoms with van der Waals surface area (Å²) in [7, 11) is 0. The molecular formula is C31H36F2N2O5. The van der Waals surface area contributed by atoms with Crippen molar-refractivity contribution >= 4 is 22.5 Å². The fraction of sp³-hybridized carbons (Fsp3) is 0.516. The summed E-state index contributed by atoms with van der Waals surface area (Å²) in [5, 5.41) is 25.5. The van der Waals surface area contributed by atoms with Crippen LogP contribution in [0.1, 0.15) is 65.1 Å². The van der Waals surface area contributed by atoms with Crippen molar-refractivity contribution in [1.82, 2.24) is 4.57 Å². The third-order valence-electron chi connectivity index (χ3n) is 9.08. The summed E-state index contributed by atoms with van der Waals surface area (Å²) < 4.78 is 38.3. The van der Waals surface area contributed by atoms with Gasteiger partial charge < -0.3 is 29.6 Å². The summed E-state index contributed by atoms with van der Waals surface area (Å²) in [4.78, 5) is 13.5. The number of hydrogen-bond acceptors (Lipinski definition) is 5. The van der Waals surface area contributed by atoms with E-state index in [1.165, 1.54) is 12.1 Å². The first-order valence-electron chi connectivity index (χ1n) is 13.8. The molecule has 0 spiro atoms. The molecule has 9 heteroatoms. The number of fused-ring (bicyclic) bond motifs is 2. The second-order valence-corrected chi connectivity index (χ2v) is 13.3. The van der Waals surface area contributed by atoms with Crippen LogP contribution in [0.3, 0.4) is 0 Å². The number of aromatic nitrogens is 1. The maximum Gasteiger partial charge on any atom is 0.586 e. The number of ether oxygens (including phenoxy) is 2. The number of rotatable bonds is 5. The molecule has 214 valence electrons. The van der Waals surface area contributed by atoms with E-state index in [1.54, 1.807) is 6.07 Å². The molecule has 3 atom stereocenters. The third kappa shape index (κ3) is 4.34. The van der Waals surface area contributed by atoms with E-state index < -0.39 is 29.3 Å². The Morgan fingerprint density at radius 1 is 1.05 bits per heavy atom. The monoisotopic (exact) mass is 554 g/mol. The molecule has 0 bridgehead atoms. The van der Waals surface area contributed by atoms with Crippen molar-refractivity contribution in [2.24, 2.45) is 11.3 Å². The van der Waals surface area contributed by atoms with E-state index in [9.17, 15) is 23.8 Å². The topological polar surface area (TPSA) is 93.0 Å². The highest BCUT2D eigenvalue weighted by atomic mass is 19.3. The van der Waals surface area contributed by atoms with Gasteiger partial charge in [-0.2, -0.15) is 0 Å². The number of benzene rings is 2. The standard InChI is InChI=1S/C31H36F2N2O5/c1-28(2,3)24-13-17-12-20(7-8-21(17)35(24)16-18-14-25(36)29(4,5)26(18)37)34-27(38)30(10-11-30)19-6-9-22-23(15-19)40-31(32,33)39-22/h6-9,12-13,15,18,25-26,36-37H,10-11,14,16H2,1-5H3,(H,34,38). The van der Waals surface area contributed by atoms with Crippen molar-refractivity contribution in [1.29, 1.82) is 0 Å². The molecule has 3 unspecified atom stereocenters. The van der Waals surface area contributed by atoms with E-state index in [2.05, 4.69) is 46.2 Å². The molecule has 1 aliphatic heterocycles. The lowest BCUT2D eigenvalue weighted by Gasteiger charge is -2.29. The number of nitrogens with zero attached hydrogens (tertiary/aromatic N) is 1. The molecule has 2 aliphatic carbocycles. The maximum absolute atomic E-state index is 13.5. The van der Waals surface area contributed by atoms with Gasteiger partial charge in [-0.3, -0.25) is 4.79 Å². The number of aliphatic hydroxyl groups excluding tert-OH is 2. The minimum Gasteiger partial charge on any atom is -0.395 e. The molecule has 2 aromatic carbocycles. The molecular weight excluding hydrogens is 518 g/mol. The van der Waals surface area contributed by atoms with Gasteiger partial charge in [-0.15, -0.1) is 8.78 Å². The van der Waals surface area contributed by atoms with Crippen molar-refractivity contribution in [2.75, 3.05) is 5.32 Å². The molecule has 1 aromatic heterocycles. The zero-order valence-corrected chi connectivity index (χ0v) is 23.4. The first-order chi connectivity index (χ1) is 18.6. The fourth-order valence-electron chi connectivity index (χ4n) is 6.37. The van der Waals surface area contributed by atoms with Crippen molar-refractivity contribution < 1.29 is 33.3 Å². The summed E-state index contributed by atoms with van der Waals surface area (Å²) in [6.45, 7) is 10.8. The number of amides is 1. The molecule has 2 fully saturated rings. The molecule has 0 saturated heterocycles. The lowest BCUT2D eigenvalue weighted by molar-refractivity contribution is -0.286. The number of alkyl halides is 2. The van der Waals surface area contributed by atoms with Gasteiger partial charge in [0.2, 0.25) is 5.91 Å². The lowest BCUT2D eigenvalue weighted by Crippen LogP contribution is -2.35. The number of carbonyl (C=O) groups is 1. The van der Waals surface area contributed by atoms with Crippen LogP contribution in [0.5, 0.6) is 11.5 Å². The Morgan fingerprint density at radius 3 is 2.38 bits per heavy atom. The molecule has 3 aromatic rings. The second-order valence-electron chi connectivity index (χ2n) is 13.3. The second kappa shape index (κ2) is 8.66. The Bertz CT molecular complexity index is 1500. The quantitative estimate of drug-likeness (QED) is 0.376. The summed E-state index contributed by atoms with van der Waals surface area (Å²) in [6, 6.07) is 12.4. The van der Waals surface area contributed by atoms with Crippen LogP contribution in [-0.2, 0) is 22.2 Å². The van der Waals surface area contributed by atoms with Gasteiger partial charge in [-0.1, -0.05) is 40.7 Å². The zero-order valence-electron chi connectivity index (χ0n) is 23.4. The lowest BCUT2D eigenvalue weighted by atomic mass is 9.85. The van der Waals surface area contributed by atoms with Gasteiger partial charge in [0, 0.05) is 45.6 Å². The van der Waals surface area contributed by atoms with Gasteiger partial charge in [-0.05, 0) is 61.2 Å². The van der Waals surface area contributed by atoms with Gasteiger partial charge >= 0.3 is 6.29 Å². The van der Waals surface area contributed by atoms with Crippen LogP contribution in [-0.4, -0.2) is 39.2 Å². The first-order valence-corrected chi connectivity index (χ1v) is 13.8. The summed E-state index contributed by atoms with van der Waals surface area (Å²) >= 11 is 0. The Morgan fingerprint density at radius 2 is 1.75 bits per heavy atom. The average Bonchev–Trinajstić information content (AvgIpc) is 3.45. The largest absolute Gasteiger partial charge is 0.586 e.